The van der Waals surface area contributed by atoms with E-state index in [4.69, 9.17) is 0 Å². The topological polar surface area (TPSA) is 53.2 Å². The normalized spacial score (nSPS) is 11.0. The second-order valence-corrected chi connectivity index (χ2v) is 5.87. The molecule has 0 atom stereocenters. The van der Waals surface area contributed by atoms with Gasteiger partial charge < -0.3 is 4.98 Å². The Morgan fingerprint density at radius 3 is 2.43 bits per heavy atom. The molecule has 0 aliphatic heterocycles. The van der Waals surface area contributed by atoms with Crippen LogP contribution in [0.5, 0.6) is 0 Å². The number of nitrogens with one attached hydrogen (secondary N) is 1. The second kappa shape index (κ2) is 6.87. The van der Waals surface area contributed by atoms with Crippen LogP contribution in [0.4, 0.5) is 4.39 Å². The average molecular weight is 316 g/mol. The van der Waals surface area contributed by atoms with Gasteiger partial charge in [0.05, 0.1) is 12.2 Å². The zero-order valence-corrected chi connectivity index (χ0v) is 13.9. The Hall–Kier alpha value is -2.27. The van der Waals surface area contributed by atoms with Crippen molar-refractivity contribution in [3.05, 3.63) is 58.2 Å². The van der Waals surface area contributed by atoms with Crippen LogP contribution in [0.25, 0.3) is 0 Å². The third-order valence-corrected chi connectivity index (χ3v) is 3.88. The Morgan fingerprint density at radius 2 is 1.87 bits per heavy atom. The van der Waals surface area contributed by atoms with Crippen molar-refractivity contribution in [3.8, 4) is 0 Å². The molecule has 0 aliphatic rings. The van der Waals surface area contributed by atoms with Crippen molar-refractivity contribution in [1.82, 2.24) is 9.88 Å². The van der Waals surface area contributed by atoms with Gasteiger partial charge in [-0.25, -0.2) is 4.39 Å². The molecule has 0 amide bonds. The van der Waals surface area contributed by atoms with Crippen LogP contribution >= 0.6 is 0 Å². The highest BCUT2D eigenvalue weighted by Crippen LogP contribution is 2.19. The Morgan fingerprint density at radius 1 is 1.22 bits per heavy atom. The maximum absolute atomic E-state index is 13.7. The van der Waals surface area contributed by atoms with Crippen LogP contribution in [0.15, 0.2) is 24.3 Å². The summed E-state index contributed by atoms with van der Waals surface area (Å²) in [5, 5.41) is 0. The molecule has 0 radical (unpaired) electrons. The number of H-pyrrole nitrogens is 1. The zero-order chi connectivity index (χ0) is 17.1. The minimum absolute atomic E-state index is 0.0602. The molecule has 0 saturated carbocycles. The fourth-order valence-electron chi connectivity index (χ4n) is 2.85. The number of hydrogen-bond donors (Lipinski definition) is 1. The average Bonchev–Trinajstić information content (AvgIpc) is 2.76. The summed E-state index contributed by atoms with van der Waals surface area (Å²) in [6, 6.07) is 6.51. The van der Waals surface area contributed by atoms with Gasteiger partial charge in [0.15, 0.2) is 11.6 Å². The van der Waals surface area contributed by atoms with E-state index in [0.717, 1.165) is 0 Å². The quantitative estimate of drug-likeness (QED) is 0.832. The molecule has 1 aromatic heterocycles. The fraction of sp³-hybridized carbons (Fsp3) is 0.333. The molecule has 23 heavy (non-hydrogen) atoms. The molecule has 5 heteroatoms. The summed E-state index contributed by atoms with van der Waals surface area (Å²) in [6.45, 7) is 5.53. The standard InChI is InChI=1S/C18H21FN2O2/c1-11-17(13(3)22)12(2)20-18(11)16(23)10-21(4)9-14-7-5-6-8-15(14)19/h5-8,20H,9-10H2,1-4H3. The summed E-state index contributed by atoms with van der Waals surface area (Å²) in [5.74, 6) is -0.454. The van der Waals surface area contributed by atoms with Crippen LogP contribution < -0.4 is 0 Å². The van der Waals surface area contributed by atoms with Gasteiger partial charge in [-0.1, -0.05) is 18.2 Å². The number of hydrogen-bond acceptors (Lipinski definition) is 3. The van der Waals surface area contributed by atoms with Gasteiger partial charge in [-0.2, -0.15) is 0 Å². The lowest BCUT2D eigenvalue weighted by atomic mass is 10.1. The lowest BCUT2D eigenvalue weighted by Crippen LogP contribution is -2.26. The summed E-state index contributed by atoms with van der Waals surface area (Å²) >= 11 is 0. The zero-order valence-electron chi connectivity index (χ0n) is 13.9. The first kappa shape index (κ1) is 17.1. The molecule has 2 aromatic rings. The monoisotopic (exact) mass is 316 g/mol. The van der Waals surface area contributed by atoms with Crippen molar-refractivity contribution in [2.75, 3.05) is 13.6 Å². The molecular formula is C18H21FN2O2. The van der Waals surface area contributed by atoms with E-state index in [1.807, 2.05) is 0 Å². The van der Waals surface area contributed by atoms with Crippen molar-refractivity contribution in [1.29, 1.82) is 0 Å². The highest BCUT2D eigenvalue weighted by Gasteiger charge is 2.20. The summed E-state index contributed by atoms with van der Waals surface area (Å²) in [5.41, 5.74) is 2.96. The number of nitrogens with zero attached hydrogens (tertiary/aromatic N) is 1. The lowest BCUT2D eigenvalue weighted by Gasteiger charge is -2.16. The predicted molar refractivity (Wildman–Crippen MR) is 87.3 cm³/mol. The second-order valence-electron chi connectivity index (χ2n) is 5.87. The molecule has 2 rings (SSSR count). The Balaban J connectivity index is 2.12. The van der Waals surface area contributed by atoms with E-state index in [1.54, 1.807) is 44.0 Å². The van der Waals surface area contributed by atoms with Gasteiger partial charge in [0.25, 0.3) is 0 Å². The van der Waals surface area contributed by atoms with Gasteiger partial charge in [0.1, 0.15) is 5.82 Å². The van der Waals surface area contributed by atoms with Crippen LogP contribution in [0.1, 0.15) is 44.6 Å². The molecule has 1 N–H and O–H groups in total. The number of aryl methyl sites for hydroxylation is 1. The number of Topliss-reactive ketones (excluding diaryl/α,β-unsaturated/α-hetero) is 2. The number of halogens is 1. The van der Waals surface area contributed by atoms with E-state index in [9.17, 15) is 14.0 Å². The van der Waals surface area contributed by atoms with Gasteiger partial charge in [-0.05, 0) is 39.4 Å². The number of carbonyl (C=O) groups excluding carboxylic acids is 2. The Bertz CT molecular complexity index is 749. The summed E-state index contributed by atoms with van der Waals surface area (Å²) in [4.78, 5) is 28.9. The van der Waals surface area contributed by atoms with E-state index in [0.29, 0.717) is 34.6 Å². The summed E-state index contributed by atoms with van der Waals surface area (Å²) in [7, 11) is 1.77. The molecule has 122 valence electrons. The fourth-order valence-corrected chi connectivity index (χ4v) is 2.85. The van der Waals surface area contributed by atoms with Crippen LogP contribution in [-0.2, 0) is 6.54 Å². The molecule has 0 fully saturated rings. The Kier molecular flexibility index (Phi) is 5.11. The van der Waals surface area contributed by atoms with Crippen molar-refractivity contribution in [3.63, 3.8) is 0 Å². The molecule has 0 saturated heterocycles. The first-order valence-electron chi connectivity index (χ1n) is 7.46. The number of likely N-dealkylation sites (N-methyl/N-ethyl adjacent to an activating group) is 1. The van der Waals surface area contributed by atoms with Crippen molar-refractivity contribution < 1.29 is 14.0 Å². The maximum atomic E-state index is 13.7. The number of rotatable bonds is 6. The van der Waals surface area contributed by atoms with Gasteiger partial charge in [0, 0.05) is 23.4 Å². The molecule has 1 heterocycles. The minimum Gasteiger partial charge on any atom is -0.355 e. The smallest absolute Gasteiger partial charge is 0.193 e. The van der Waals surface area contributed by atoms with Crippen LogP contribution in [0.2, 0.25) is 0 Å². The van der Waals surface area contributed by atoms with Crippen LogP contribution in [0, 0.1) is 19.7 Å². The van der Waals surface area contributed by atoms with Gasteiger partial charge >= 0.3 is 0 Å². The molecular weight excluding hydrogens is 295 g/mol. The maximum Gasteiger partial charge on any atom is 0.193 e. The predicted octanol–water partition coefficient (Wildman–Crippen LogP) is 3.29. The summed E-state index contributed by atoms with van der Waals surface area (Å²) in [6.07, 6.45) is 0. The van der Waals surface area contributed by atoms with Crippen molar-refractivity contribution in [2.45, 2.75) is 27.3 Å². The van der Waals surface area contributed by atoms with E-state index < -0.39 is 0 Å². The summed E-state index contributed by atoms with van der Waals surface area (Å²) < 4.78 is 13.7. The number of aromatic amines is 1. The lowest BCUT2D eigenvalue weighted by molar-refractivity contribution is 0.0937. The van der Waals surface area contributed by atoms with E-state index in [2.05, 4.69) is 4.98 Å². The van der Waals surface area contributed by atoms with Gasteiger partial charge in [-0.15, -0.1) is 0 Å². The van der Waals surface area contributed by atoms with E-state index in [-0.39, 0.29) is 23.9 Å². The number of aromatic nitrogens is 1. The van der Waals surface area contributed by atoms with E-state index in [1.165, 1.54) is 13.0 Å². The minimum atomic E-state index is -0.280. The van der Waals surface area contributed by atoms with Crippen LogP contribution in [-0.4, -0.2) is 35.0 Å². The van der Waals surface area contributed by atoms with Gasteiger partial charge in [0.2, 0.25) is 0 Å². The third-order valence-electron chi connectivity index (χ3n) is 3.88. The molecule has 0 aliphatic carbocycles. The molecule has 0 spiro atoms. The highest BCUT2D eigenvalue weighted by atomic mass is 19.1. The third kappa shape index (κ3) is 3.74. The molecule has 0 bridgehead atoms. The largest absolute Gasteiger partial charge is 0.355 e. The number of benzene rings is 1. The van der Waals surface area contributed by atoms with Crippen molar-refractivity contribution >= 4 is 11.6 Å². The first-order chi connectivity index (χ1) is 10.8. The molecule has 0 unspecified atom stereocenters. The molecule has 4 nitrogen and oxygen atoms in total. The first-order valence-corrected chi connectivity index (χ1v) is 7.46. The Labute approximate surface area is 135 Å². The number of ketones is 2. The van der Waals surface area contributed by atoms with Crippen molar-refractivity contribution in [2.24, 2.45) is 0 Å². The number of carbonyl (C=O) groups is 2. The molecule has 1 aromatic carbocycles. The van der Waals surface area contributed by atoms with Crippen LogP contribution in [0.3, 0.4) is 0 Å². The highest BCUT2D eigenvalue weighted by molar-refractivity contribution is 6.03. The van der Waals surface area contributed by atoms with Gasteiger partial charge in [-0.3, -0.25) is 14.5 Å². The SMILES string of the molecule is CC(=O)c1c(C)[nH]c(C(=O)CN(C)Cc2ccccc2F)c1C. The van der Waals surface area contributed by atoms with E-state index >= 15 is 0 Å².